The van der Waals surface area contributed by atoms with E-state index in [1.807, 2.05) is 36.4 Å². The van der Waals surface area contributed by atoms with Crippen molar-refractivity contribution < 1.29 is 9.53 Å². The Bertz CT molecular complexity index is 931. The van der Waals surface area contributed by atoms with E-state index in [-0.39, 0.29) is 12.0 Å². The third kappa shape index (κ3) is 3.23. The fourth-order valence-electron chi connectivity index (χ4n) is 3.13. The number of benzene rings is 2. The number of amides is 1. The molecule has 1 atom stereocenters. The number of pyridine rings is 1. The van der Waals surface area contributed by atoms with Crippen LogP contribution in [0.4, 0.5) is 5.69 Å². The highest BCUT2D eigenvalue weighted by molar-refractivity contribution is 6.33. The molecule has 0 bridgehead atoms. The standard InChI is InChI=1S/C20H17ClN2O2/c21-17-8-7-14(23-20(24)18-6-3-11-25-18)12-16(17)19-15-5-2-1-4-13(15)9-10-22-19/h1-2,4-5,7-10,12,18H,3,6,11H2,(H,23,24)/t18-/m0/s1. The third-order valence-corrected chi connectivity index (χ3v) is 4.71. The minimum Gasteiger partial charge on any atom is -0.368 e. The number of rotatable bonds is 3. The zero-order valence-corrected chi connectivity index (χ0v) is 14.3. The van der Waals surface area contributed by atoms with E-state index in [0.717, 1.165) is 34.9 Å². The summed E-state index contributed by atoms with van der Waals surface area (Å²) in [5.74, 6) is -0.114. The van der Waals surface area contributed by atoms with Gasteiger partial charge >= 0.3 is 0 Å². The van der Waals surface area contributed by atoms with Crippen LogP contribution in [0.2, 0.25) is 5.02 Å². The Labute approximate surface area is 150 Å². The molecule has 1 saturated heterocycles. The molecule has 2 heterocycles. The smallest absolute Gasteiger partial charge is 0.253 e. The van der Waals surface area contributed by atoms with E-state index in [1.165, 1.54) is 0 Å². The van der Waals surface area contributed by atoms with Crippen molar-refractivity contribution >= 4 is 34.0 Å². The predicted octanol–water partition coefficient (Wildman–Crippen LogP) is 4.67. The van der Waals surface area contributed by atoms with Gasteiger partial charge in [-0.2, -0.15) is 0 Å². The molecule has 5 heteroatoms. The van der Waals surface area contributed by atoms with E-state index < -0.39 is 0 Å². The van der Waals surface area contributed by atoms with Crippen molar-refractivity contribution in [2.24, 2.45) is 0 Å². The summed E-state index contributed by atoms with van der Waals surface area (Å²) in [6, 6.07) is 15.4. The normalized spacial score (nSPS) is 16.9. The Balaban J connectivity index is 1.71. The van der Waals surface area contributed by atoms with E-state index in [1.54, 1.807) is 18.3 Å². The second-order valence-electron chi connectivity index (χ2n) is 6.07. The number of ether oxygens (including phenoxy) is 1. The number of hydrogen-bond donors (Lipinski definition) is 1. The average molecular weight is 353 g/mol. The van der Waals surface area contributed by atoms with Crippen LogP contribution in [0.1, 0.15) is 12.8 Å². The number of carbonyl (C=O) groups is 1. The first kappa shape index (κ1) is 16.1. The second-order valence-corrected chi connectivity index (χ2v) is 6.47. The number of hydrogen-bond acceptors (Lipinski definition) is 3. The van der Waals surface area contributed by atoms with E-state index in [4.69, 9.17) is 16.3 Å². The van der Waals surface area contributed by atoms with Gasteiger partial charge in [0.25, 0.3) is 5.91 Å². The summed E-state index contributed by atoms with van der Waals surface area (Å²) in [7, 11) is 0. The lowest BCUT2D eigenvalue weighted by molar-refractivity contribution is -0.124. The molecule has 1 N–H and O–H groups in total. The Morgan fingerprint density at radius 2 is 2.08 bits per heavy atom. The predicted molar refractivity (Wildman–Crippen MR) is 99.8 cm³/mol. The van der Waals surface area contributed by atoms with Crippen molar-refractivity contribution in [3.8, 4) is 11.3 Å². The van der Waals surface area contributed by atoms with Crippen molar-refractivity contribution in [3.63, 3.8) is 0 Å². The van der Waals surface area contributed by atoms with Gasteiger partial charge in [-0.15, -0.1) is 0 Å². The fraction of sp³-hybridized carbons (Fsp3) is 0.200. The Morgan fingerprint density at radius 1 is 1.20 bits per heavy atom. The summed E-state index contributed by atoms with van der Waals surface area (Å²) < 4.78 is 5.43. The number of nitrogens with one attached hydrogen (secondary N) is 1. The number of nitrogens with zero attached hydrogens (tertiary/aromatic N) is 1. The van der Waals surface area contributed by atoms with Gasteiger partial charge in [-0.05, 0) is 42.5 Å². The molecule has 2 aromatic carbocycles. The van der Waals surface area contributed by atoms with Gasteiger partial charge in [0.2, 0.25) is 0 Å². The van der Waals surface area contributed by atoms with E-state index in [2.05, 4.69) is 10.3 Å². The van der Waals surface area contributed by atoms with Crippen LogP contribution in [-0.4, -0.2) is 23.6 Å². The van der Waals surface area contributed by atoms with Crippen LogP contribution < -0.4 is 5.32 Å². The molecule has 0 saturated carbocycles. The lowest BCUT2D eigenvalue weighted by Gasteiger charge is -2.13. The van der Waals surface area contributed by atoms with E-state index in [9.17, 15) is 4.79 Å². The first-order chi connectivity index (χ1) is 12.2. The molecule has 25 heavy (non-hydrogen) atoms. The number of aromatic nitrogens is 1. The zero-order chi connectivity index (χ0) is 17.2. The van der Waals surface area contributed by atoms with Crippen molar-refractivity contribution in [2.75, 3.05) is 11.9 Å². The van der Waals surface area contributed by atoms with Crippen LogP contribution in [-0.2, 0) is 9.53 Å². The Hall–Kier alpha value is -2.43. The monoisotopic (exact) mass is 352 g/mol. The number of halogens is 1. The Morgan fingerprint density at radius 3 is 2.92 bits per heavy atom. The fourth-order valence-corrected chi connectivity index (χ4v) is 3.33. The lowest BCUT2D eigenvalue weighted by Crippen LogP contribution is -2.26. The van der Waals surface area contributed by atoms with Gasteiger partial charge in [0.05, 0.1) is 10.7 Å². The maximum absolute atomic E-state index is 12.3. The van der Waals surface area contributed by atoms with Crippen LogP contribution in [0, 0.1) is 0 Å². The molecule has 3 aromatic rings. The molecule has 4 rings (SSSR count). The summed E-state index contributed by atoms with van der Waals surface area (Å²) in [5, 5.41) is 5.63. The minimum absolute atomic E-state index is 0.114. The summed E-state index contributed by atoms with van der Waals surface area (Å²) in [6.45, 7) is 0.643. The summed E-state index contributed by atoms with van der Waals surface area (Å²) in [4.78, 5) is 16.8. The van der Waals surface area contributed by atoms with Crippen molar-refractivity contribution in [2.45, 2.75) is 18.9 Å². The maximum atomic E-state index is 12.3. The molecule has 1 aromatic heterocycles. The molecule has 126 valence electrons. The highest BCUT2D eigenvalue weighted by atomic mass is 35.5. The second kappa shape index (κ2) is 6.82. The molecule has 1 amide bonds. The van der Waals surface area contributed by atoms with Gasteiger partial charge in [-0.3, -0.25) is 9.78 Å². The molecule has 0 unspecified atom stereocenters. The molecular weight excluding hydrogens is 336 g/mol. The molecule has 1 aliphatic heterocycles. The number of carbonyl (C=O) groups excluding carboxylic acids is 1. The average Bonchev–Trinajstić information content (AvgIpc) is 3.18. The van der Waals surface area contributed by atoms with E-state index in [0.29, 0.717) is 17.3 Å². The van der Waals surface area contributed by atoms with E-state index >= 15 is 0 Å². The molecule has 0 radical (unpaired) electrons. The first-order valence-electron chi connectivity index (χ1n) is 8.28. The minimum atomic E-state index is -0.366. The summed E-state index contributed by atoms with van der Waals surface area (Å²) >= 11 is 6.42. The van der Waals surface area contributed by atoms with Crippen LogP contribution in [0.5, 0.6) is 0 Å². The molecule has 4 nitrogen and oxygen atoms in total. The van der Waals surface area contributed by atoms with Gasteiger partial charge in [0, 0.05) is 29.4 Å². The largest absolute Gasteiger partial charge is 0.368 e. The van der Waals surface area contributed by atoms with Crippen LogP contribution >= 0.6 is 11.6 Å². The quantitative estimate of drug-likeness (QED) is 0.745. The van der Waals surface area contributed by atoms with Crippen LogP contribution in [0.25, 0.3) is 22.0 Å². The molecule has 0 aliphatic carbocycles. The molecular formula is C20H17ClN2O2. The van der Waals surface area contributed by atoms with Gasteiger partial charge in [-0.25, -0.2) is 0 Å². The number of fused-ring (bicyclic) bond motifs is 1. The molecule has 0 spiro atoms. The van der Waals surface area contributed by atoms with Gasteiger partial charge in [-0.1, -0.05) is 35.9 Å². The van der Waals surface area contributed by atoms with Gasteiger partial charge in [0.15, 0.2) is 0 Å². The van der Waals surface area contributed by atoms with Crippen LogP contribution in [0.3, 0.4) is 0 Å². The third-order valence-electron chi connectivity index (χ3n) is 4.38. The van der Waals surface area contributed by atoms with Crippen molar-refractivity contribution in [1.82, 2.24) is 4.98 Å². The maximum Gasteiger partial charge on any atom is 0.253 e. The van der Waals surface area contributed by atoms with Gasteiger partial charge < -0.3 is 10.1 Å². The van der Waals surface area contributed by atoms with Crippen molar-refractivity contribution in [1.29, 1.82) is 0 Å². The first-order valence-corrected chi connectivity index (χ1v) is 8.66. The number of anilines is 1. The van der Waals surface area contributed by atoms with Crippen molar-refractivity contribution in [3.05, 3.63) is 59.8 Å². The molecule has 1 fully saturated rings. The lowest BCUT2D eigenvalue weighted by atomic mass is 10.0. The highest BCUT2D eigenvalue weighted by Crippen LogP contribution is 2.33. The topological polar surface area (TPSA) is 51.2 Å². The SMILES string of the molecule is O=C(Nc1ccc(Cl)c(-c2nccc3ccccc23)c1)[C@@H]1CCCO1. The molecule has 1 aliphatic rings. The van der Waals surface area contributed by atoms with Gasteiger partial charge in [0.1, 0.15) is 6.10 Å². The summed E-state index contributed by atoms with van der Waals surface area (Å²) in [6.07, 6.45) is 3.09. The summed E-state index contributed by atoms with van der Waals surface area (Å²) in [5.41, 5.74) is 2.29. The zero-order valence-electron chi connectivity index (χ0n) is 13.5. The van der Waals surface area contributed by atoms with Crippen LogP contribution in [0.15, 0.2) is 54.7 Å². The highest BCUT2D eigenvalue weighted by Gasteiger charge is 2.23. The Kier molecular flexibility index (Phi) is 4.38.